The second-order valence-corrected chi connectivity index (χ2v) is 4.89. The van der Waals surface area contributed by atoms with Crippen LogP contribution in [0.4, 0.5) is 4.39 Å². The maximum Gasteiger partial charge on any atom is 0.260 e. The molecule has 1 rings (SSSR count). The van der Waals surface area contributed by atoms with E-state index in [-0.39, 0.29) is 23.8 Å². The number of amides is 1. The van der Waals surface area contributed by atoms with Crippen LogP contribution in [0.1, 0.15) is 39.3 Å². The predicted molar refractivity (Wildman–Crippen MR) is 72.4 cm³/mol. The van der Waals surface area contributed by atoms with E-state index in [9.17, 15) is 9.18 Å². The molecule has 0 fully saturated rings. The number of nitrogens with one attached hydrogen (secondary N) is 1. The highest BCUT2D eigenvalue weighted by atomic mass is 19.1. The Morgan fingerprint density at radius 3 is 2.47 bits per heavy atom. The van der Waals surface area contributed by atoms with Gasteiger partial charge in [-0.3, -0.25) is 4.79 Å². The largest absolute Gasteiger partial charge is 0.481 e. The van der Waals surface area contributed by atoms with Gasteiger partial charge in [-0.05, 0) is 45.9 Å². The van der Waals surface area contributed by atoms with Crippen molar-refractivity contribution in [1.82, 2.24) is 5.32 Å². The Morgan fingerprint density at radius 2 is 1.95 bits per heavy atom. The van der Waals surface area contributed by atoms with E-state index in [2.05, 4.69) is 5.32 Å². The van der Waals surface area contributed by atoms with E-state index < -0.39 is 6.10 Å². The SMILES string of the molecule is CC(C)NC(=O)C(C)Oc1ccc(F)cc1C(C)N. The Hall–Kier alpha value is -1.62. The van der Waals surface area contributed by atoms with E-state index in [0.717, 1.165) is 0 Å². The molecule has 106 valence electrons. The highest BCUT2D eigenvalue weighted by Crippen LogP contribution is 2.25. The van der Waals surface area contributed by atoms with E-state index in [4.69, 9.17) is 10.5 Å². The third-order valence-electron chi connectivity index (χ3n) is 2.57. The lowest BCUT2D eigenvalue weighted by molar-refractivity contribution is -0.127. The van der Waals surface area contributed by atoms with Crippen LogP contribution in [0.3, 0.4) is 0 Å². The summed E-state index contributed by atoms with van der Waals surface area (Å²) in [4.78, 5) is 11.8. The molecule has 3 N–H and O–H groups in total. The van der Waals surface area contributed by atoms with Crippen molar-refractivity contribution in [2.45, 2.75) is 45.9 Å². The predicted octanol–water partition coefficient (Wildman–Crippen LogP) is 2.14. The highest BCUT2D eigenvalue weighted by Gasteiger charge is 2.18. The molecule has 0 radical (unpaired) electrons. The van der Waals surface area contributed by atoms with E-state index in [1.54, 1.807) is 13.8 Å². The fraction of sp³-hybridized carbons (Fsp3) is 0.500. The number of hydrogen-bond acceptors (Lipinski definition) is 3. The minimum atomic E-state index is -0.662. The summed E-state index contributed by atoms with van der Waals surface area (Å²) >= 11 is 0. The van der Waals surface area contributed by atoms with Crippen molar-refractivity contribution in [3.05, 3.63) is 29.6 Å². The van der Waals surface area contributed by atoms with Crippen LogP contribution in [0.15, 0.2) is 18.2 Å². The van der Waals surface area contributed by atoms with Gasteiger partial charge >= 0.3 is 0 Å². The topological polar surface area (TPSA) is 64.3 Å². The third kappa shape index (κ3) is 4.52. The van der Waals surface area contributed by atoms with Gasteiger partial charge in [0.25, 0.3) is 5.91 Å². The molecule has 0 aliphatic carbocycles. The van der Waals surface area contributed by atoms with Gasteiger partial charge in [-0.1, -0.05) is 0 Å². The van der Waals surface area contributed by atoms with E-state index in [1.165, 1.54) is 18.2 Å². The molecule has 1 amide bonds. The lowest BCUT2D eigenvalue weighted by Crippen LogP contribution is -2.40. The zero-order valence-electron chi connectivity index (χ0n) is 11.7. The van der Waals surface area contributed by atoms with Gasteiger partial charge in [0.1, 0.15) is 11.6 Å². The first-order chi connectivity index (χ1) is 8.81. The van der Waals surface area contributed by atoms with Crippen molar-refractivity contribution in [3.8, 4) is 5.75 Å². The van der Waals surface area contributed by atoms with Crippen LogP contribution in [-0.2, 0) is 4.79 Å². The lowest BCUT2D eigenvalue weighted by Gasteiger charge is -2.19. The number of carbonyl (C=O) groups excluding carboxylic acids is 1. The molecule has 0 aromatic heterocycles. The van der Waals surface area contributed by atoms with Crippen molar-refractivity contribution >= 4 is 5.91 Å². The third-order valence-corrected chi connectivity index (χ3v) is 2.57. The second kappa shape index (κ2) is 6.52. The van der Waals surface area contributed by atoms with Crippen LogP contribution < -0.4 is 15.8 Å². The molecule has 4 nitrogen and oxygen atoms in total. The first kappa shape index (κ1) is 15.4. The molecule has 0 spiro atoms. The van der Waals surface area contributed by atoms with Gasteiger partial charge in [0, 0.05) is 17.6 Å². The molecule has 2 atom stereocenters. The average molecular weight is 268 g/mol. The molecular weight excluding hydrogens is 247 g/mol. The van der Waals surface area contributed by atoms with Crippen LogP contribution in [0.25, 0.3) is 0 Å². The summed E-state index contributed by atoms with van der Waals surface area (Å²) in [7, 11) is 0. The molecule has 1 aromatic carbocycles. The van der Waals surface area contributed by atoms with Crippen molar-refractivity contribution in [2.75, 3.05) is 0 Å². The van der Waals surface area contributed by atoms with E-state index in [1.807, 2.05) is 13.8 Å². The molecule has 0 saturated heterocycles. The lowest BCUT2D eigenvalue weighted by atomic mass is 10.1. The average Bonchev–Trinajstić information content (AvgIpc) is 2.30. The fourth-order valence-electron chi connectivity index (χ4n) is 1.63. The Balaban J connectivity index is 2.84. The number of nitrogens with two attached hydrogens (primary N) is 1. The molecule has 0 bridgehead atoms. The smallest absolute Gasteiger partial charge is 0.260 e. The van der Waals surface area contributed by atoms with Gasteiger partial charge in [-0.25, -0.2) is 4.39 Å². The number of benzene rings is 1. The first-order valence-electron chi connectivity index (χ1n) is 6.33. The molecule has 1 aromatic rings. The quantitative estimate of drug-likeness (QED) is 0.860. The standard InChI is InChI=1S/C14H21FN2O2/c1-8(2)17-14(18)10(4)19-13-6-5-11(15)7-12(13)9(3)16/h5-10H,16H2,1-4H3,(H,17,18). The normalized spacial score (nSPS) is 14.1. The van der Waals surface area contributed by atoms with Crippen molar-refractivity contribution in [2.24, 2.45) is 5.73 Å². The summed E-state index contributed by atoms with van der Waals surface area (Å²) in [6.45, 7) is 7.12. The minimum Gasteiger partial charge on any atom is -0.481 e. The van der Waals surface area contributed by atoms with E-state index in [0.29, 0.717) is 11.3 Å². The molecular formula is C14H21FN2O2. The maximum absolute atomic E-state index is 13.2. The fourth-order valence-corrected chi connectivity index (χ4v) is 1.63. The molecule has 19 heavy (non-hydrogen) atoms. The van der Waals surface area contributed by atoms with Gasteiger partial charge in [0.05, 0.1) is 0 Å². The Labute approximate surface area is 113 Å². The number of hydrogen-bond donors (Lipinski definition) is 2. The number of carbonyl (C=O) groups is 1. The number of halogens is 1. The van der Waals surface area contributed by atoms with Crippen LogP contribution >= 0.6 is 0 Å². The van der Waals surface area contributed by atoms with Crippen LogP contribution in [0.2, 0.25) is 0 Å². The summed E-state index contributed by atoms with van der Waals surface area (Å²) in [5.74, 6) is -0.156. The highest BCUT2D eigenvalue weighted by molar-refractivity contribution is 5.80. The minimum absolute atomic E-state index is 0.0414. The van der Waals surface area contributed by atoms with Crippen molar-refractivity contribution < 1.29 is 13.9 Å². The Morgan fingerprint density at radius 1 is 1.32 bits per heavy atom. The van der Waals surface area contributed by atoms with Crippen molar-refractivity contribution in [3.63, 3.8) is 0 Å². The first-order valence-corrected chi connectivity index (χ1v) is 6.33. The zero-order valence-corrected chi connectivity index (χ0v) is 11.7. The summed E-state index contributed by atoms with van der Waals surface area (Å²) < 4.78 is 18.8. The van der Waals surface area contributed by atoms with Crippen molar-refractivity contribution in [1.29, 1.82) is 0 Å². The molecule has 0 heterocycles. The molecule has 0 saturated carbocycles. The summed E-state index contributed by atoms with van der Waals surface area (Å²) in [6.07, 6.45) is -0.662. The Kier molecular flexibility index (Phi) is 5.30. The van der Waals surface area contributed by atoms with Gasteiger partial charge in [0.15, 0.2) is 6.10 Å². The molecule has 0 aliphatic rings. The molecule has 0 aliphatic heterocycles. The summed E-state index contributed by atoms with van der Waals surface area (Å²) in [5, 5.41) is 2.75. The summed E-state index contributed by atoms with van der Waals surface area (Å²) in [5.41, 5.74) is 6.31. The van der Waals surface area contributed by atoms with Gasteiger partial charge in [-0.15, -0.1) is 0 Å². The Bertz CT molecular complexity index is 447. The van der Waals surface area contributed by atoms with Gasteiger partial charge < -0.3 is 15.8 Å². The monoisotopic (exact) mass is 268 g/mol. The number of rotatable bonds is 5. The summed E-state index contributed by atoms with van der Waals surface area (Å²) in [6, 6.07) is 3.78. The van der Waals surface area contributed by atoms with Crippen LogP contribution in [0, 0.1) is 5.82 Å². The molecule has 5 heteroatoms. The van der Waals surface area contributed by atoms with Gasteiger partial charge in [-0.2, -0.15) is 0 Å². The zero-order chi connectivity index (χ0) is 14.6. The van der Waals surface area contributed by atoms with Crippen LogP contribution in [-0.4, -0.2) is 18.1 Å². The second-order valence-electron chi connectivity index (χ2n) is 4.89. The van der Waals surface area contributed by atoms with Gasteiger partial charge in [0.2, 0.25) is 0 Å². The molecule has 2 unspecified atom stereocenters. The van der Waals surface area contributed by atoms with Crippen LogP contribution in [0.5, 0.6) is 5.75 Å². The maximum atomic E-state index is 13.2. The van der Waals surface area contributed by atoms with E-state index >= 15 is 0 Å². The number of ether oxygens (including phenoxy) is 1.